The van der Waals surface area contributed by atoms with Crippen LogP contribution in [-0.4, -0.2) is 10.9 Å². The molecule has 0 aliphatic carbocycles. The van der Waals surface area contributed by atoms with Crippen LogP contribution >= 0.6 is 0 Å². The molecule has 0 unspecified atom stereocenters. The smallest absolute Gasteiger partial charge is 0.250 e. The zero-order chi connectivity index (χ0) is 13.7. The van der Waals surface area contributed by atoms with E-state index in [9.17, 15) is 4.79 Å². The number of nitrogens with zero attached hydrogens (tertiary/aromatic N) is 1. The molecule has 0 aliphatic heterocycles. The lowest BCUT2D eigenvalue weighted by atomic mass is 10.1. The summed E-state index contributed by atoms with van der Waals surface area (Å²) < 4.78 is 0. The average Bonchev–Trinajstić information content (AvgIpc) is 2.45. The Kier molecular flexibility index (Phi) is 4.10. The third-order valence-electron chi connectivity index (χ3n) is 2.85. The van der Waals surface area contributed by atoms with Gasteiger partial charge in [0.05, 0.1) is 5.56 Å². The minimum absolute atomic E-state index is 0.396. The fraction of sp³-hybridized carbons (Fsp3) is 0.143. The van der Waals surface area contributed by atoms with Crippen LogP contribution in [0.4, 0.5) is 5.82 Å². The quantitative estimate of drug-likeness (QED) is 0.750. The van der Waals surface area contributed by atoms with E-state index in [1.54, 1.807) is 12.1 Å². The number of nitrogens with one attached hydrogen (secondary N) is 1. The van der Waals surface area contributed by atoms with Gasteiger partial charge in [0.25, 0.3) is 0 Å². The zero-order valence-electron chi connectivity index (χ0n) is 10.5. The van der Waals surface area contributed by atoms with Crippen LogP contribution in [0.2, 0.25) is 0 Å². The summed E-state index contributed by atoms with van der Waals surface area (Å²) in [4.78, 5) is 15.1. The van der Waals surface area contributed by atoms with Crippen molar-refractivity contribution in [2.75, 3.05) is 5.32 Å². The van der Waals surface area contributed by atoms with Gasteiger partial charge < -0.3 is 16.8 Å². The molecule has 1 aromatic carbocycles. The van der Waals surface area contributed by atoms with Crippen molar-refractivity contribution >= 4 is 11.7 Å². The van der Waals surface area contributed by atoms with Crippen molar-refractivity contribution in [3.63, 3.8) is 0 Å². The van der Waals surface area contributed by atoms with Crippen molar-refractivity contribution in [3.8, 4) is 0 Å². The number of aromatic nitrogens is 1. The van der Waals surface area contributed by atoms with Gasteiger partial charge in [-0.3, -0.25) is 4.79 Å². The Morgan fingerprint density at radius 2 is 1.89 bits per heavy atom. The van der Waals surface area contributed by atoms with Gasteiger partial charge >= 0.3 is 0 Å². The van der Waals surface area contributed by atoms with Gasteiger partial charge in [-0.1, -0.05) is 24.3 Å². The Labute approximate surface area is 111 Å². The van der Waals surface area contributed by atoms with Gasteiger partial charge in [-0.05, 0) is 23.3 Å². The first-order valence-electron chi connectivity index (χ1n) is 5.97. The number of amides is 1. The summed E-state index contributed by atoms with van der Waals surface area (Å²) in [7, 11) is 0. The predicted molar refractivity (Wildman–Crippen MR) is 74.4 cm³/mol. The predicted octanol–water partition coefficient (Wildman–Crippen LogP) is 1.25. The van der Waals surface area contributed by atoms with Crippen molar-refractivity contribution in [3.05, 3.63) is 59.3 Å². The van der Waals surface area contributed by atoms with E-state index in [1.165, 1.54) is 6.20 Å². The van der Waals surface area contributed by atoms with Crippen molar-refractivity contribution in [2.45, 2.75) is 13.1 Å². The molecule has 0 atom stereocenters. The fourth-order valence-electron chi connectivity index (χ4n) is 1.76. The van der Waals surface area contributed by atoms with Crippen LogP contribution in [0.3, 0.4) is 0 Å². The maximum Gasteiger partial charge on any atom is 0.250 e. The Balaban J connectivity index is 2.04. The summed E-state index contributed by atoms with van der Waals surface area (Å²) in [5.41, 5.74) is 13.5. The number of primary amides is 1. The van der Waals surface area contributed by atoms with Crippen LogP contribution in [0, 0.1) is 0 Å². The van der Waals surface area contributed by atoms with Gasteiger partial charge in [-0.25, -0.2) is 4.98 Å². The molecule has 2 aromatic rings. The first kappa shape index (κ1) is 13.0. The lowest BCUT2D eigenvalue weighted by Crippen LogP contribution is -2.12. The van der Waals surface area contributed by atoms with Gasteiger partial charge in [0.2, 0.25) is 5.91 Å². The number of carbonyl (C=O) groups is 1. The maximum atomic E-state index is 10.9. The normalized spacial score (nSPS) is 10.2. The zero-order valence-corrected chi connectivity index (χ0v) is 10.5. The van der Waals surface area contributed by atoms with Gasteiger partial charge in [-0.2, -0.15) is 0 Å². The van der Waals surface area contributed by atoms with Gasteiger partial charge in [0.1, 0.15) is 5.82 Å². The first-order valence-corrected chi connectivity index (χ1v) is 5.97. The summed E-state index contributed by atoms with van der Waals surface area (Å²) in [5, 5.41) is 3.18. The minimum Gasteiger partial charge on any atom is -0.366 e. The summed E-state index contributed by atoms with van der Waals surface area (Å²) in [6.45, 7) is 1.14. The second-order valence-corrected chi connectivity index (χ2v) is 4.12. The summed E-state index contributed by atoms with van der Waals surface area (Å²) in [6, 6.07) is 11.3. The highest BCUT2D eigenvalue weighted by Crippen LogP contribution is 2.11. The second-order valence-electron chi connectivity index (χ2n) is 4.12. The van der Waals surface area contributed by atoms with Crippen LogP contribution in [-0.2, 0) is 13.1 Å². The first-order chi connectivity index (χ1) is 9.20. The third kappa shape index (κ3) is 3.29. The Morgan fingerprint density at radius 3 is 2.47 bits per heavy atom. The largest absolute Gasteiger partial charge is 0.366 e. The molecule has 5 nitrogen and oxygen atoms in total. The number of carbonyl (C=O) groups excluding carboxylic acids is 1. The third-order valence-corrected chi connectivity index (χ3v) is 2.85. The van der Waals surface area contributed by atoms with Crippen LogP contribution in [0.1, 0.15) is 21.5 Å². The minimum atomic E-state index is -0.479. The number of rotatable bonds is 5. The van der Waals surface area contributed by atoms with Crippen LogP contribution in [0.25, 0.3) is 0 Å². The molecule has 5 heteroatoms. The van der Waals surface area contributed by atoms with Gasteiger partial charge in [0, 0.05) is 19.3 Å². The topological polar surface area (TPSA) is 94.0 Å². The van der Waals surface area contributed by atoms with Crippen LogP contribution < -0.4 is 16.8 Å². The van der Waals surface area contributed by atoms with E-state index in [1.807, 2.05) is 24.3 Å². The average molecular weight is 256 g/mol. The molecule has 0 saturated heterocycles. The van der Waals surface area contributed by atoms with E-state index in [4.69, 9.17) is 11.5 Å². The van der Waals surface area contributed by atoms with Crippen LogP contribution in [0.5, 0.6) is 0 Å². The number of anilines is 1. The molecule has 1 amide bonds. The van der Waals surface area contributed by atoms with E-state index in [2.05, 4.69) is 10.3 Å². The number of nitrogens with two attached hydrogens (primary N) is 2. The lowest BCUT2D eigenvalue weighted by Gasteiger charge is -2.09. The van der Waals surface area contributed by atoms with Gasteiger partial charge in [-0.15, -0.1) is 0 Å². The lowest BCUT2D eigenvalue weighted by molar-refractivity contribution is 0.1000. The van der Waals surface area contributed by atoms with E-state index in [0.717, 1.165) is 11.1 Å². The molecular weight excluding hydrogens is 240 g/mol. The van der Waals surface area contributed by atoms with E-state index in [-0.39, 0.29) is 0 Å². The monoisotopic (exact) mass is 256 g/mol. The highest BCUT2D eigenvalue weighted by atomic mass is 16.1. The Hall–Kier alpha value is -2.40. The molecule has 98 valence electrons. The Morgan fingerprint density at radius 1 is 1.16 bits per heavy atom. The van der Waals surface area contributed by atoms with Gasteiger partial charge in [0.15, 0.2) is 0 Å². The molecule has 19 heavy (non-hydrogen) atoms. The number of pyridine rings is 1. The summed E-state index contributed by atoms with van der Waals surface area (Å²) in [6.07, 6.45) is 1.46. The molecule has 5 N–H and O–H groups in total. The second kappa shape index (κ2) is 5.97. The molecule has 0 aliphatic rings. The van der Waals surface area contributed by atoms with Crippen molar-refractivity contribution in [2.24, 2.45) is 11.5 Å². The molecule has 0 bridgehead atoms. The molecule has 0 saturated carbocycles. The number of hydrogen-bond donors (Lipinski definition) is 3. The highest BCUT2D eigenvalue weighted by Gasteiger charge is 2.02. The molecule has 1 heterocycles. The highest BCUT2D eigenvalue weighted by molar-refractivity contribution is 5.92. The molecule has 2 rings (SSSR count). The summed E-state index contributed by atoms with van der Waals surface area (Å²) in [5.74, 6) is 0.212. The molecule has 0 radical (unpaired) electrons. The Bertz CT molecular complexity index is 566. The SMILES string of the molecule is NCc1ccccc1CNc1ccc(C(N)=O)cn1. The maximum absolute atomic E-state index is 10.9. The van der Waals surface area contributed by atoms with Crippen molar-refractivity contribution in [1.29, 1.82) is 0 Å². The van der Waals surface area contributed by atoms with Crippen molar-refractivity contribution < 1.29 is 4.79 Å². The fourth-order valence-corrected chi connectivity index (χ4v) is 1.76. The number of hydrogen-bond acceptors (Lipinski definition) is 4. The standard InChI is InChI=1S/C14H16N4O/c15-7-10-3-1-2-4-11(10)8-17-13-6-5-12(9-18-13)14(16)19/h1-6,9H,7-8,15H2,(H2,16,19)(H,17,18). The summed E-state index contributed by atoms with van der Waals surface area (Å²) >= 11 is 0. The van der Waals surface area contributed by atoms with Crippen LogP contribution in [0.15, 0.2) is 42.6 Å². The number of benzene rings is 1. The molecule has 0 spiro atoms. The van der Waals surface area contributed by atoms with E-state index < -0.39 is 5.91 Å². The molecular formula is C14H16N4O. The molecule has 1 aromatic heterocycles. The van der Waals surface area contributed by atoms with E-state index in [0.29, 0.717) is 24.5 Å². The van der Waals surface area contributed by atoms with E-state index >= 15 is 0 Å². The molecule has 0 fully saturated rings. The van der Waals surface area contributed by atoms with Crippen molar-refractivity contribution in [1.82, 2.24) is 4.98 Å².